The summed E-state index contributed by atoms with van der Waals surface area (Å²) in [5.74, 6) is 0.438. The van der Waals surface area contributed by atoms with Gasteiger partial charge in [-0.1, -0.05) is 6.92 Å². The van der Waals surface area contributed by atoms with Gasteiger partial charge in [0.25, 0.3) is 5.91 Å². The van der Waals surface area contributed by atoms with Gasteiger partial charge in [0, 0.05) is 36.4 Å². The quantitative estimate of drug-likeness (QED) is 0.434. The van der Waals surface area contributed by atoms with E-state index in [1.165, 1.54) is 0 Å². The summed E-state index contributed by atoms with van der Waals surface area (Å²) in [7, 11) is 3.31. The number of pyridine rings is 1. The van der Waals surface area contributed by atoms with Gasteiger partial charge in [0.1, 0.15) is 23.7 Å². The van der Waals surface area contributed by atoms with E-state index in [2.05, 4.69) is 29.4 Å². The van der Waals surface area contributed by atoms with E-state index in [-0.39, 0.29) is 35.7 Å². The van der Waals surface area contributed by atoms with Crippen LogP contribution in [0.1, 0.15) is 72.1 Å². The number of nitrogens with zero attached hydrogens (tertiary/aromatic N) is 2. The summed E-state index contributed by atoms with van der Waals surface area (Å²) in [6.45, 7) is 3.06. The minimum atomic E-state index is -0.738. The van der Waals surface area contributed by atoms with E-state index in [4.69, 9.17) is 19.3 Å². The summed E-state index contributed by atoms with van der Waals surface area (Å²) in [6.07, 6.45) is 6.04. The molecule has 2 unspecified atom stereocenters. The topological polar surface area (TPSA) is 131 Å². The van der Waals surface area contributed by atoms with Crippen LogP contribution in [0.15, 0.2) is 30.5 Å². The maximum atomic E-state index is 12.8. The van der Waals surface area contributed by atoms with Crippen LogP contribution >= 0.6 is 0 Å². The number of carbonyl (C=O) groups is 2. The van der Waals surface area contributed by atoms with Gasteiger partial charge < -0.3 is 24.6 Å². The Bertz CT molecular complexity index is 1220. The number of carbonyl (C=O) groups excluding carboxylic acids is 1. The van der Waals surface area contributed by atoms with Crippen LogP contribution in [0.25, 0.3) is 0 Å². The fraction of sp³-hybridized carbons (Fsp3) is 0.533. The predicted molar refractivity (Wildman–Crippen MR) is 144 cm³/mol. The molecule has 2 fully saturated rings. The molecule has 1 aromatic heterocycles. The summed E-state index contributed by atoms with van der Waals surface area (Å²) in [5.41, 5.74) is 2.79. The maximum absolute atomic E-state index is 12.8. The number of carboxylic acid groups (broad SMARTS) is 1. The van der Waals surface area contributed by atoms with Gasteiger partial charge in [-0.15, -0.1) is 0 Å². The van der Waals surface area contributed by atoms with Gasteiger partial charge in [0.15, 0.2) is 0 Å². The molecule has 0 saturated heterocycles. The van der Waals surface area contributed by atoms with Gasteiger partial charge in [-0.05, 0) is 74.6 Å². The van der Waals surface area contributed by atoms with Gasteiger partial charge >= 0.3 is 5.97 Å². The second kappa shape index (κ2) is 12.9. The molecule has 2 N–H and O–H groups in total. The third-order valence-corrected chi connectivity index (χ3v) is 8.16. The Morgan fingerprint density at radius 1 is 1.15 bits per heavy atom. The molecule has 2 saturated carbocycles. The number of aryl methyl sites for hydroxylation is 1. The molecule has 9 heteroatoms. The zero-order valence-corrected chi connectivity index (χ0v) is 22.8. The molecule has 0 aliphatic heterocycles. The molecular weight excluding hydrogens is 498 g/mol. The lowest BCUT2D eigenvalue weighted by Gasteiger charge is -2.44. The molecule has 0 bridgehead atoms. The third kappa shape index (κ3) is 6.51. The first-order chi connectivity index (χ1) is 18.9. The second-order valence-electron chi connectivity index (χ2n) is 10.5. The van der Waals surface area contributed by atoms with Crippen LogP contribution in [0.2, 0.25) is 0 Å². The Balaban J connectivity index is 1.39. The monoisotopic (exact) mass is 535 g/mol. The average molecular weight is 536 g/mol. The SMILES string of the molecule is CCc1cc(C2CC(Oc3ccc(C(=O)NCC4CCC(C(=O)O)CC4)cc3C#N)[C@H]2COC)c(OC)cn1. The van der Waals surface area contributed by atoms with Crippen molar-refractivity contribution in [1.82, 2.24) is 10.3 Å². The highest BCUT2D eigenvalue weighted by molar-refractivity contribution is 5.94. The van der Waals surface area contributed by atoms with Gasteiger partial charge in [-0.2, -0.15) is 5.26 Å². The Kier molecular flexibility index (Phi) is 9.41. The molecule has 1 heterocycles. The fourth-order valence-electron chi connectivity index (χ4n) is 5.71. The van der Waals surface area contributed by atoms with Crippen molar-refractivity contribution in [2.45, 2.75) is 57.5 Å². The van der Waals surface area contributed by atoms with Gasteiger partial charge in [-0.3, -0.25) is 14.6 Å². The first kappa shape index (κ1) is 28.4. The third-order valence-electron chi connectivity index (χ3n) is 8.16. The van der Waals surface area contributed by atoms with E-state index in [1.807, 2.05) is 0 Å². The van der Waals surface area contributed by atoms with Crippen LogP contribution < -0.4 is 14.8 Å². The van der Waals surface area contributed by atoms with Crippen LogP contribution in [0.5, 0.6) is 11.5 Å². The number of hydrogen-bond donors (Lipinski definition) is 2. The van der Waals surface area contributed by atoms with Crippen molar-refractivity contribution in [3.8, 4) is 17.6 Å². The van der Waals surface area contributed by atoms with Gasteiger partial charge in [0.05, 0.1) is 31.4 Å². The molecule has 1 amide bonds. The Morgan fingerprint density at radius 2 is 1.92 bits per heavy atom. The van der Waals surface area contributed by atoms with E-state index >= 15 is 0 Å². The number of rotatable bonds is 11. The number of aromatic nitrogens is 1. The summed E-state index contributed by atoms with van der Waals surface area (Å²) in [6, 6.07) is 9.18. The summed E-state index contributed by atoms with van der Waals surface area (Å²) in [5, 5.41) is 21.9. The van der Waals surface area contributed by atoms with Crippen LogP contribution in [-0.4, -0.2) is 55.4 Å². The largest absolute Gasteiger partial charge is 0.495 e. The number of benzene rings is 1. The Hall–Kier alpha value is -3.64. The van der Waals surface area contributed by atoms with E-state index < -0.39 is 5.97 Å². The Morgan fingerprint density at radius 3 is 2.56 bits per heavy atom. The van der Waals surface area contributed by atoms with Crippen LogP contribution in [0.4, 0.5) is 0 Å². The number of hydrogen-bond acceptors (Lipinski definition) is 7. The fourth-order valence-corrected chi connectivity index (χ4v) is 5.71. The van der Waals surface area contributed by atoms with Gasteiger partial charge in [-0.25, -0.2) is 0 Å². The van der Waals surface area contributed by atoms with E-state index in [1.54, 1.807) is 38.6 Å². The lowest BCUT2D eigenvalue weighted by Crippen LogP contribution is -2.46. The predicted octanol–water partition coefficient (Wildman–Crippen LogP) is 4.34. The molecular formula is C30H37N3O6. The minimum absolute atomic E-state index is 0.0711. The number of amides is 1. The molecule has 2 aliphatic rings. The molecule has 3 atom stereocenters. The number of aliphatic carboxylic acids is 1. The van der Waals surface area contributed by atoms with Crippen LogP contribution in [0.3, 0.4) is 0 Å². The van der Waals surface area contributed by atoms with Crippen molar-refractivity contribution in [2.75, 3.05) is 27.4 Å². The van der Waals surface area contributed by atoms with Crippen molar-refractivity contribution >= 4 is 11.9 Å². The van der Waals surface area contributed by atoms with E-state index in [9.17, 15) is 14.9 Å². The minimum Gasteiger partial charge on any atom is -0.495 e. The highest BCUT2D eigenvalue weighted by atomic mass is 16.5. The molecule has 4 rings (SSSR count). The zero-order chi connectivity index (χ0) is 27.9. The number of nitrogens with one attached hydrogen (secondary N) is 1. The summed E-state index contributed by atoms with van der Waals surface area (Å²) in [4.78, 5) is 28.4. The van der Waals surface area contributed by atoms with Crippen LogP contribution in [-0.2, 0) is 16.0 Å². The standard InChI is InChI=1S/C30H37N3O6/c1-4-22-12-24(28(38-3)16-32-22)23-13-27(25(23)17-37-2)39-26-10-9-20(11-21(26)14-31)29(34)33-15-18-5-7-19(8-6-18)30(35)36/h9-12,16,18-19,23,25,27H,4-8,13,15,17H2,1-3H3,(H,33,34)(H,35,36)/t18?,19?,23?,25-,27?/m0/s1. The van der Waals surface area contributed by atoms with Crippen LogP contribution in [0, 0.1) is 29.1 Å². The maximum Gasteiger partial charge on any atom is 0.306 e. The first-order valence-corrected chi connectivity index (χ1v) is 13.6. The Labute approximate surface area is 229 Å². The normalized spacial score (nSPS) is 24.2. The molecule has 0 radical (unpaired) electrons. The van der Waals surface area contributed by atoms with Crippen molar-refractivity contribution in [3.05, 3.63) is 52.8 Å². The van der Waals surface area contributed by atoms with Crippen molar-refractivity contribution < 1.29 is 28.9 Å². The number of methoxy groups -OCH3 is 2. The molecule has 9 nitrogen and oxygen atoms in total. The van der Waals surface area contributed by atoms with Crippen molar-refractivity contribution in [2.24, 2.45) is 17.8 Å². The number of ether oxygens (including phenoxy) is 3. The summed E-state index contributed by atoms with van der Waals surface area (Å²) >= 11 is 0. The summed E-state index contributed by atoms with van der Waals surface area (Å²) < 4.78 is 17.4. The van der Waals surface area contributed by atoms with Gasteiger partial charge in [0.2, 0.25) is 0 Å². The second-order valence-corrected chi connectivity index (χ2v) is 10.5. The lowest BCUT2D eigenvalue weighted by atomic mass is 9.67. The van der Waals surface area contributed by atoms with Crippen molar-refractivity contribution in [3.63, 3.8) is 0 Å². The molecule has 208 valence electrons. The molecule has 0 spiro atoms. The molecule has 2 aliphatic carbocycles. The highest BCUT2D eigenvalue weighted by Crippen LogP contribution is 2.48. The number of nitriles is 1. The molecule has 2 aromatic rings. The molecule has 1 aromatic carbocycles. The average Bonchev–Trinajstić information content (AvgIpc) is 2.96. The van der Waals surface area contributed by atoms with E-state index in [0.717, 1.165) is 42.7 Å². The zero-order valence-electron chi connectivity index (χ0n) is 22.8. The first-order valence-electron chi connectivity index (χ1n) is 13.6. The highest BCUT2D eigenvalue weighted by Gasteiger charge is 2.45. The van der Waals surface area contributed by atoms with Crippen molar-refractivity contribution in [1.29, 1.82) is 5.26 Å². The number of carboxylic acids is 1. The van der Waals surface area contributed by atoms with E-state index in [0.29, 0.717) is 42.9 Å². The molecule has 39 heavy (non-hydrogen) atoms. The lowest BCUT2D eigenvalue weighted by molar-refractivity contribution is -0.143. The smallest absolute Gasteiger partial charge is 0.306 e.